The first-order valence-corrected chi connectivity index (χ1v) is 6.91. The van der Waals surface area contributed by atoms with E-state index in [1.807, 2.05) is 0 Å². The summed E-state index contributed by atoms with van der Waals surface area (Å²) >= 11 is 9.28. The molecule has 1 aromatic carbocycles. The Morgan fingerprint density at radius 3 is 1.60 bits per heavy atom. The van der Waals surface area contributed by atoms with E-state index in [0.29, 0.717) is 8.95 Å². The van der Waals surface area contributed by atoms with Crippen LogP contribution < -0.4 is 79.1 Å². The Morgan fingerprint density at radius 1 is 0.800 bits per heavy atom. The molecule has 0 spiro atoms. The smallest absolute Gasteiger partial charge is 0.683 e. The van der Waals surface area contributed by atoms with Crippen molar-refractivity contribution >= 4 is 61.0 Å². The Balaban J connectivity index is 0. The van der Waals surface area contributed by atoms with Crippen LogP contribution in [0.1, 0.15) is 0 Å². The van der Waals surface area contributed by atoms with Gasteiger partial charge in [0.2, 0.25) is 0 Å². The van der Waals surface area contributed by atoms with Gasteiger partial charge in [-0.15, -0.1) is 7.94 Å². The Morgan fingerprint density at radius 2 is 1.20 bits per heavy atom. The zero-order chi connectivity index (χ0) is 10.2. The van der Waals surface area contributed by atoms with Gasteiger partial charge in [0, 0.05) is 8.95 Å². The Kier molecular flexibility index (Phi) is 11.1. The molecule has 3 nitrogen and oxygen atoms in total. The quantitative estimate of drug-likeness (QED) is 0.250. The van der Waals surface area contributed by atoms with Gasteiger partial charge in [0.15, 0.2) is 0 Å². The average molecular weight is 439 g/mol. The molecule has 0 bridgehead atoms. The number of hydrogen-bond acceptors (Lipinski definition) is 3. The second-order valence-corrected chi connectivity index (χ2v) is 6.25. The van der Waals surface area contributed by atoms with Crippen LogP contribution in [0.25, 0.3) is 0 Å². The van der Waals surface area contributed by atoms with Crippen LogP contribution in [0.2, 0.25) is 0 Å². The minimum absolute atomic E-state index is 0. The minimum atomic E-state index is -4.70. The van der Waals surface area contributed by atoms with Crippen LogP contribution in [-0.4, -0.2) is 0 Å². The van der Waals surface area contributed by atoms with Crippen molar-refractivity contribution in [2.24, 2.45) is 0 Å². The summed E-state index contributed by atoms with van der Waals surface area (Å²) in [6, 6.07) is 2.76. The van der Waals surface area contributed by atoms with Crippen molar-refractivity contribution in [3.8, 4) is 0 Å². The van der Waals surface area contributed by atoms with Crippen LogP contribution in [-0.2, 0) is 0 Å². The molecule has 15 heavy (non-hydrogen) atoms. The summed E-state index contributed by atoms with van der Waals surface area (Å²) in [5.74, 6) is 0. The fourth-order valence-electron chi connectivity index (χ4n) is 0.722. The van der Waals surface area contributed by atoms with E-state index in [2.05, 4.69) is 47.8 Å². The van der Waals surface area contributed by atoms with Crippen LogP contribution >= 0.6 is 55.7 Å². The van der Waals surface area contributed by atoms with Gasteiger partial charge < -0.3 is 14.7 Å². The molecule has 1 rings (SSSR count). The van der Waals surface area contributed by atoms with E-state index >= 15 is 0 Å². The summed E-state index contributed by atoms with van der Waals surface area (Å²) in [5.41, 5.74) is 0. The van der Waals surface area contributed by atoms with Crippen LogP contribution in [0.4, 0.5) is 0 Å². The van der Waals surface area contributed by atoms with Gasteiger partial charge in [-0.2, -0.15) is 0 Å². The molecule has 0 fully saturated rings. The molecule has 0 aliphatic heterocycles. The van der Waals surface area contributed by atoms with Crippen LogP contribution in [0.3, 0.4) is 0 Å². The second-order valence-electron chi connectivity index (χ2n) is 2.22. The maximum atomic E-state index is 10.7. The van der Waals surface area contributed by atoms with Crippen molar-refractivity contribution in [1.29, 1.82) is 0 Å². The van der Waals surface area contributed by atoms with Crippen molar-refractivity contribution in [2.45, 2.75) is 0 Å². The molecule has 0 aliphatic rings. The molecule has 0 saturated carbocycles. The summed E-state index contributed by atoms with van der Waals surface area (Å²) in [6.07, 6.45) is 0. The number of rotatable bonds is 1. The van der Waals surface area contributed by atoms with Crippen LogP contribution in [0.15, 0.2) is 25.6 Å². The Bertz CT molecular complexity index is 345. The maximum Gasteiger partial charge on any atom is 1.00 e. The third kappa shape index (κ3) is 6.10. The Labute approximate surface area is 158 Å². The zero-order valence-electron chi connectivity index (χ0n) is 7.96. The van der Waals surface area contributed by atoms with Crippen molar-refractivity contribution in [3.05, 3.63) is 25.6 Å². The van der Waals surface area contributed by atoms with E-state index in [1.165, 1.54) is 12.1 Å². The summed E-state index contributed by atoms with van der Waals surface area (Å²) in [7, 11) is -4.70. The van der Waals surface area contributed by atoms with Gasteiger partial charge in [0.25, 0.3) is 0 Å². The van der Waals surface area contributed by atoms with Crippen molar-refractivity contribution in [2.75, 3.05) is 0 Å². The van der Waals surface area contributed by atoms with E-state index in [-0.39, 0.29) is 68.9 Å². The first-order valence-electron chi connectivity index (χ1n) is 2.99. The fourth-order valence-corrected chi connectivity index (χ4v) is 3.50. The summed E-state index contributed by atoms with van der Waals surface area (Å²) in [5, 5.41) is -0.248. The van der Waals surface area contributed by atoms with Gasteiger partial charge in [-0.3, -0.25) is 0 Å². The predicted molar refractivity (Wildman–Crippen MR) is 56.1 cm³/mol. The van der Waals surface area contributed by atoms with E-state index in [1.54, 1.807) is 0 Å². The summed E-state index contributed by atoms with van der Waals surface area (Å²) < 4.78 is 1.46. The normalized spacial score (nSPS) is 10.3. The van der Waals surface area contributed by atoms with Gasteiger partial charge in [0.05, 0.1) is 9.78 Å². The molecule has 0 atom stereocenters. The summed E-state index contributed by atoms with van der Waals surface area (Å²) in [4.78, 5) is 32.2. The third-order valence-corrected chi connectivity index (χ3v) is 5.05. The summed E-state index contributed by atoms with van der Waals surface area (Å²) in [6.45, 7) is 0. The van der Waals surface area contributed by atoms with E-state index in [9.17, 15) is 14.7 Å². The standard InChI is InChI=1S/C6H4Br3O3P.2Na/c7-3-1-5(9)6(2-4(3)8)13(10,11)12;;/h1-2H,(H2,10,11,12);;/q;2*+1/p-2. The maximum absolute atomic E-state index is 10.7. The zero-order valence-corrected chi connectivity index (χ0v) is 17.6. The predicted octanol–water partition coefficient (Wildman–Crippen LogP) is -5.55. The van der Waals surface area contributed by atoms with Crippen LogP contribution in [0, 0.1) is 0 Å². The molecule has 0 heterocycles. The monoisotopic (exact) mass is 436 g/mol. The molecular weight excluding hydrogens is 437 g/mol. The molecule has 1 aromatic rings. The van der Waals surface area contributed by atoms with Gasteiger partial charge >= 0.3 is 59.1 Å². The Hall–Kier alpha value is 2.97. The molecule has 0 aliphatic carbocycles. The molecule has 0 amide bonds. The van der Waals surface area contributed by atoms with Gasteiger partial charge in [-0.25, -0.2) is 0 Å². The van der Waals surface area contributed by atoms with E-state index in [0.717, 1.165) is 0 Å². The SMILES string of the molecule is [Na+].[Na+].[O-][P+]([O-])([O-])c1cc(Br)c(Br)cc1Br. The molecular formula is C6H2Br3Na2O3P. The largest absolute Gasteiger partial charge is 1.00 e. The first kappa shape index (κ1) is 20.3. The average Bonchev–Trinajstić information content (AvgIpc) is 1.94. The third-order valence-electron chi connectivity index (χ3n) is 1.28. The molecule has 0 unspecified atom stereocenters. The second kappa shape index (κ2) is 8.20. The first-order chi connectivity index (χ1) is 5.82. The van der Waals surface area contributed by atoms with Crippen LogP contribution in [0.5, 0.6) is 0 Å². The molecule has 0 saturated heterocycles. The topological polar surface area (TPSA) is 69.2 Å². The fraction of sp³-hybridized carbons (Fsp3) is 0. The van der Waals surface area contributed by atoms with Crippen molar-refractivity contribution in [3.63, 3.8) is 0 Å². The van der Waals surface area contributed by atoms with E-state index < -0.39 is 7.94 Å². The van der Waals surface area contributed by atoms with Gasteiger partial charge in [-0.1, -0.05) is 0 Å². The number of halogens is 3. The van der Waals surface area contributed by atoms with Gasteiger partial charge in [-0.05, 0) is 59.9 Å². The molecule has 0 N–H and O–H groups in total. The van der Waals surface area contributed by atoms with Crippen molar-refractivity contribution in [1.82, 2.24) is 0 Å². The molecule has 0 aromatic heterocycles. The molecule has 9 heteroatoms. The van der Waals surface area contributed by atoms with Gasteiger partial charge in [0.1, 0.15) is 0 Å². The van der Waals surface area contributed by atoms with Crippen molar-refractivity contribution < 1.29 is 73.8 Å². The number of benzene rings is 1. The molecule has 72 valence electrons. The van der Waals surface area contributed by atoms with E-state index in [4.69, 9.17) is 0 Å². The number of hydrogen-bond donors (Lipinski definition) is 0. The minimum Gasteiger partial charge on any atom is -0.683 e. The molecule has 0 radical (unpaired) electrons.